The standard InChI is InChI=1S/CHF3O3S.K.H/c2-1(3,4)7-8(5)6;;/h8H;;. The summed E-state index contributed by atoms with van der Waals surface area (Å²) in [7, 11) is -3.81. The van der Waals surface area contributed by atoms with Crippen molar-refractivity contribution in [1.29, 1.82) is 0 Å². The molecular weight excluding hydrogens is 188 g/mol. The van der Waals surface area contributed by atoms with Gasteiger partial charge in [0.15, 0.2) is 0 Å². The van der Waals surface area contributed by atoms with Crippen LogP contribution < -0.4 is 0 Å². The van der Waals surface area contributed by atoms with Crippen LogP contribution in [0, 0.1) is 0 Å². The van der Waals surface area contributed by atoms with Crippen LogP contribution in [0.25, 0.3) is 0 Å². The molecule has 0 unspecified atom stereocenters. The second-order valence-corrected chi connectivity index (χ2v) is 1.39. The van der Waals surface area contributed by atoms with Gasteiger partial charge >= 0.3 is 57.7 Å². The van der Waals surface area contributed by atoms with Crippen molar-refractivity contribution in [3.63, 3.8) is 0 Å². The fourth-order valence-electron chi connectivity index (χ4n) is 0.0845. The Labute approximate surface area is 93.1 Å². The molecule has 52 valence electrons. The average molecular weight is 190 g/mol. The fourth-order valence-corrected chi connectivity index (χ4v) is 0.254. The topological polar surface area (TPSA) is 43.4 Å². The van der Waals surface area contributed by atoms with Crippen LogP contribution in [-0.4, -0.2) is 66.2 Å². The number of halogens is 3. The van der Waals surface area contributed by atoms with E-state index < -0.39 is 17.3 Å². The minimum atomic E-state index is -5.07. The van der Waals surface area contributed by atoms with Crippen LogP contribution in [-0.2, 0) is 15.2 Å². The van der Waals surface area contributed by atoms with Gasteiger partial charge in [0.1, 0.15) is 0 Å². The van der Waals surface area contributed by atoms with Crippen molar-refractivity contribution in [2.24, 2.45) is 0 Å². The normalized spacial score (nSPS) is 11.1. The first-order valence-electron chi connectivity index (χ1n) is 1.32. The van der Waals surface area contributed by atoms with Crippen molar-refractivity contribution in [2.45, 2.75) is 6.36 Å². The van der Waals surface area contributed by atoms with E-state index in [1.54, 1.807) is 0 Å². The molecule has 0 radical (unpaired) electrons. The maximum absolute atomic E-state index is 10.7. The van der Waals surface area contributed by atoms with Gasteiger partial charge < -0.3 is 0 Å². The van der Waals surface area contributed by atoms with Crippen molar-refractivity contribution < 1.29 is 25.8 Å². The minimum absolute atomic E-state index is 0. The molecule has 0 aliphatic rings. The molecular formula is CH2F3KO3S. The molecule has 0 aliphatic carbocycles. The van der Waals surface area contributed by atoms with Crippen LogP contribution in [0.5, 0.6) is 0 Å². The molecule has 0 aliphatic heterocycles. The van der Waals surface area contributed by atoms with Crippen LogP contribution >= 0.6 is 0 Å². The Kier molecular flexibility index (Phi) is 7.27. The summed E-state index contributed by atoms with van der Waals surface area (Å²) in [4.78, 5) is 0. The van der Waals surface area contributed by atoms with Gasteiger partial charge in [-0.2, -0.15) is 4.18 Å². The molecule has 0 rings (SSSR count). The summed E-state index contributed by atoms with van der Waals surface area (Å²) in [6.07, 6.45) is -5.07. The third-order valence-corrected chi connectivity index (χ3v) is 0.534. The molecule has 8 heteroatoms. The maximum atomic E-state index is 10.7. The van der Waals surface area contributed by atoms with Gasteiger partial charge in [0, 0.05) is 0 Å². The first-order chi connectivity index (χ1) is 3.42. The zero-order valence-electron chi connectivity index (χ0n) is 3.31. The fraction of sp³-hybridized carbons (Fsp3) is 1.00. The van der Waals surface area contributed by atoms with E-state index in [2.05, 4.69) is 4.18 Å². The molecule has 9 heavy (non-hydrogen) atoms. The molecule has 0 aromatic rings. The van der Waals surface area contributed by atoms with Crippen LogP contribution in [0.2, 0.25) is 0 Å². The second kappa shape index (κ2) is 5.05. The number of rotatable bonds is 1. The van der Waals surface area contributed by atoms with E-state index in [0.717, 1.165) is 0 Å². The van der Waals surface area contributed by atoms with Gasteiger partial charge in [-0.3, -0.25) is 0 Å². The molecule has 0 heterocycles. The van der Waals surface area contributed by atoms with Crippen molar-refractivity contribution in [3.05, 3.63) is 0 Å². The summed E-state index contributed by atoms with van der Waals surface area (Å²) in [6.45, 7) is 0. The molecule has 0 saturated heterocycles. The molecule has 0 N–H and O–H groups in total. The van der Waals surface area contributed by atoms with Crippen molar-refractivity contribution in [2.75, 3.05) is 0 Å². The van der Waals surface area contributed by atoms with E-state index in [9.17, 15) is 13.2 Å². The van der Waals surface area contributed by atoms with Gasteiger partial charge in [-0.05, 0) is 0 Å². The summed E-state index contributed by atoms with van der Waals surface area (Å²) in [5, 5.41) is 0. The summed E-state index contributed by atoms with van der Waals surface area (Å²) < 4.78 is 52.7. The molecule has 0 aromatic carbocycles. The molecule has 0 bridgehead atoms. The predicted octanol–water partition coefficient (Wildman–Crippen LogP) is -0.599. The van der Waals surface area contributed by atoms with Gasteiger partial charge in [0.05, 0.1) is 0 Å². The summed E-state index contributed by atoms with van der Waals surface area (Å²) in [5.74, 6) is 0. The van der Waals surface area contributed by atoms with Gasteiger partial charge in [0.2, 0.25) is 0 Å². The zero-order valence-corrected chi connectivity index (χ0v) is 4.20. The molecule has 0 fully saturated rings. The van der Waals surface area contributed by atoms with Gasteiger partial charge in [-0.15, -0.1) is 13.2 Å². The van der Waals surface area contributed by atoms with Crippen molar-refractivity contribution in [3.8, 4) is 0 Å². The van der Waals surface area contributed by atoms with E-state index in [-0.39, 0.29) is 51.4 Å². The molecule has 0 aromatic heterocycles. The van der Waals surface area contributed by atoms with Gasteiger partial charge in [-0.1, -0.05) is 0 Å². The Balaban J connectivity index is 0. The zero-order chi connectivity index (χ0) is 6.78. The van der Waals surface area contributed by atoms with E-state index in [1.807, 2.05) is 0 Å². The van der Waals surface area contributed by atoms with E-state index >= 15 is 0 Å². The van der Waals surface area contributed by atoms with Crippen LogP contribution in [0.3, 0.4) is 0 Å². The summed E-state index contributed by atoms with van der Waals surface area (Å²) >= 11 is 0. The molecule has 0 atom stereocenters. The number of alkyl halides is 3. The first kappa shape index (κ1) is 13.0. The quantitative estimate of drug-likeness (QED) is 0.443. The molecule has 0 saturated carbocycles. The number of thiol groups is 1. The molecule has 0 spiro atoms. The predicted molar refractivity (Wildman–Crippen MR) is 24.6 cm³/mol. The first-order valence-corrected chi connectivity index (χ1v) is 2.41. The Bertz CT molecular complexity index is 130. The van der Waals surface area contributed by atoms with Gasteiger partial charge in [0.25, 0.3) is 11.0 Å². The second-order valence-electron chi connectivity index (χ2n) is 0.761. The Morgan fingerprint density at radius 1 is 1.22 bits per heavy atom. The SMILES string of the molecule is O=[SH](=O)OC(F)(F)F.[KH]. The van der Waals surface area contributed by atoms with Crippen LogP contribution in [0.4, 0.5) is 13.2 Å². The average Bonchev–Trinajstić information content (AvgIpc) is 1.21. The van der Waals surface area contributed by atoms with Gasteiger partial charge in [-0.25, -0.2) is 8.42 Å². The monoisotopic (exact) mass is 190 g/mol. The van der Waals surface area contributed by atoms with Crippen LogP contribution in [0.1, 0.15) is 0 Å². The number of hydrogen-bond acceptors (Lipinski definition) is 3. The van der Waals surface area contributed by atoms with Crippen molar-refractivity contribution in [1.82, 2.24) is 0 Å². The Morgan fingerprint density at radius 2 is 1.56 bits per heavy atom. The van der Waals surface area contributed by atoms with E-state index in [4.69, 9.17) is 8.42 Å². The third kappa shape index (κ3) is 12.5. The third-order valence-electron chi connectivity index (χ3n) is 0.178. The number of hydrogen-bond donors (Lipinski definition) is 1. The van der Waals surface area contributed by atoms with Crippen LogP contribution in [0.15, 0.2) is 0 Å². The van der Waals surface area contributed by atoms with E-state index in [1.165, 1.54) is 0 Å². The summed E-state index contributed by atoms with van der Waals surface area (Å²) in [6, 6.07) is 0. The molecule has 0 amide bonds. The van der Waals surface area contributed by atoms with E-state index in [0.29, 0.717) is 0 Å². The molecule has 3 nitrogen and oxygen atoms in total. The summed E-state index contributed by atoms with van der Waals surface area (Å²) in [5.41, 5.74) is 0. The Hall–Kier alpha value is 1.34. The Morgan fingerprint density at radius 3 is 1.56 bits per heavy atom. The van der Waals surface area contributed by atoms with Crippen molar-refractivity contribution >= 4 is 62.4 Å².